The smallest absolute Gasteiger partial charge is 0.335 e. The fourth-order valence-electron chi connectivity index (χ4n) is 1.82. The Morgan fingerprint density at radius 1 is 1.37 bits per heavy atom. The second-order valence-corrected chi connectivity index (χ2v) is 4.97. The van der Waals surface area contributed by atoms with Crippen LogP contribution < -0.4 is 0 Å². The highest BCUT2D eigenvalue weighted by Gasteiger charge is 2.13. The average Bonchev–Trinajstić information content (AvgIpc) is 2.38. The molecule has 1 atom stereocenters. The fraction of sp³-hybridized carbons (Fsp3) is 0.467. The van der Waals surface area contributed by atoms with Gasteiger partial charge in [-0.25, -0.2) is 4.79 Å². The minimum atomic E-state index is -0.970. The molecule has 0 radical (unpaired) electrons. The van der Waals surface area contributed by atoms with E-state index in [4.69, 9.17) is 5.11 Å². The molecular weight excluding hydrogens is 242 g/mol. The molecule has 1 rings (SSSR count). The number of hydrogen-bond donors (Lipinski definition) is 1. The van der Waals surface area contributed by atoms with E-state index >= 15 is 0 Å². The molecule has 0 aliphatic carbocycles. The number of carboxylic acid groups (broad SMARTS) is 1. The highest BCUT2D eigenvalue weighted by molar-refractivity contribution is 5.88. The van der Waals surface area contributed by atoms with Crippen molar-refractivity contribution in [3.05, 3.63) is 35.4 Å². The Labute approximate surface area is 114 Å². The Balaban J connectivity index is 2.66. The molecule has 1 aromatic carbocycles. The molecule has 0 heterocycles. The largest absolute Gasteiger partial charge is 0.478 e. The Bertz CT molecular complexity index is 456. The van der Waals surface area contributed by atoms with Gasteiger partial charge in [0, 0.05) is 13.6 Å². The van der Waals surface area contributed by atoms with Crippen molar-refractivity contribution in [3.8, 4) is 0 Å². The van der Waals surface area contributed by atoms with E-state index < -0.39 is 5.97 Å². The van der Waals surface area contributed by atoms with E-state index in [2.05, 4.69) is 13.8 Å². The molecule has 0 aromatic heterocycles. The summed E-state index contributed by atoms with van der Waals surface area (Å²) in [4.78, 5) is 24.6. The van der Waals surface area contributed by atoms with Crippen LogP contribution in [-0.2, 0) is 11.2 Å². The van der Waals surface area contributed by atoms with E-state index in [1.807, 2.05) is 0 Å². The number of benzene rings is 1. The molecule has 0 spiro atoms. The molecule has 1 amide bonds. The van der Waals surface area contributed by atoms with Gasteiger partial charge in [0.25, 0.3) is 0 Å². The third-order valence-corrected chi connectivity index (χ3v) is 3.24. The first-order valence-electron chi connectivity index (χ1n) is 6.50. The number of hydrogen-bond acceptors (Lipinski definition) is 2. The van der Waals surface area contributed by atoms with Crippen molar-refractivity contribution >= 4 is 11.9 Å². The van der Waals surface area contributed by atoms with Gasteiger partial charge in [-0.15, -0.1) is 0 Å². The lowest BCUT2D eigenvalue weighted by atomic mass is 10.1. The van der Waals surface area contributed by atoms with E-state index in [1.165, 1.54) is 6.07 Å². The molecule has 1 aromatic rings. The summed E-state index contributed by atoms with van der Waals surface area (Å²) in [6.07, 6.45) is 1.28. The number of likely N-dealkylation sites (N-methyl/N-ethyl adjacent to an activating group) is 1. The van der Waals surface area contributed by atoms with Gasteiger partial charge in [-0.3, -0.25) is 4.79 Å². The molecule has 0 aliphatic rings. The Hall–Kier alpha value is -1.84. The fourth-order valence-corrected chi connectivity index (χ4v) is 1.82. The Morgan fingerprint density at radius 3 is 2.63 bits per heavy atom. The van der Waals surface area contributed by atoms with Crippen LogP contribution in [0, 0.1) is 5.92 Å². The summed E-state index contributed by atoms with van der Waals surface area (Å²) in [5.41, 5.74) is 0.954. The van der Waals surface area contributed by atoms with Gasteiger partial charge in [-0.1, -0.05) is 32.4 Å². The highest BCUT2D eigenvalue weighted by atomic mass is 16.4. The van der Waals surface area contributed by atoms with Crippen LogP contribution in [0.3, 0.4) is 0 Å². The zero-order valence-electron chi connectivity index (χ0n) is 11.7. The predicted molar refractivity (Wildman–Crippen MR) is 74.2 cm³/mol. The predicted octanol–water partition coefficient (Wildman–Crippen LogP) is 2.43. The van der Waals surface area contributed by atoms with Crippen LogP contribution in [0.4, 0.5) is 0 Å². The summed E-state index contributed by atoms with van der Waals surface area (Å²) in [6, 6.07) is 6.53. The Kier molecular flexibility index (Phi) is 5.55. The first-order valence-corrected chi connectivity index (χ1v) is 6.50. The molecule has 19 heavy (non-hydrogen) atoms. The lowest BCUT2D eigenvalue weighted by Gasteiger charge is -2.20. The van der Waals surface area contributed by atoms with Crippen molar-refractivity contribution in [1.29, 1.82) is 0 Å². The third kappa shape index (κ3) is 4.73. The summed E-state index contributed by atoms with van der Waals surface area (Å²) in [5, 5.41) is 8.91. The number of amides is 1. The van der Waals surface area contributed by atoms with E-state index in [-0.39, 0.29) is 17.9 Å². The number of nitrogens with zero attached hydrogens (tertiary/aromatic N) is 1. The van der Waals surface area contributed by atoms with Gasteiger partial charge in [-0.2, -0.15) is 0 Å². The van der Waals surface area contributed by atoms with Crippen LogP contribution in [0.5, 0.6) is 0 Å². The maximum Gasteiger partial charge on any atom is 0.335 e. The molecule has 0 saturated carbocycles. The molecule has 4 nitrogen and oxygen atoms in total. The Morgan fingerprint density at radius 2 is 2.05 bits per heavy atom. The lowest BCUT2D eigenvalue weighted by Crippen LogP contribution is -2.32. The molecule has 0 saturated heterocycles. The zero-order valence-corrected chi connectivity index (χ0v) is 11.7. The van der Waals surface area contributed by atoms with Crippen molar-refractivity contribution in [2.24, 2.45) is 5.92 Å². The molecule has 0 bridgehead atoms. The molecule has 0 fully saturated rings. The van der Waals surface area contributed by atoms with Crippen LogP contribution in [0.25, 0.3) is 0 Å². The minimum Gasteiger partial charge on any atom is -0.478 e. The second kappa shape index (κ2) is 6.92. The van der Waals surface area contributed by atoms with Crippen LogP contribution in [0.15, 0.2) is 24.3 Å². The number of carbonyl (C=O) groups excluding carboxylic acids is 1. The van der Waals surface area contributed by atoms with Crippen LogP contribution in [0.1, 0.15) is 36.2 Å². The highest BCUT2D eigenvalue weighted by Crippen LogP contribution is 2.09. The topological polar surface area (TPSA) is 57.6 Å². The van der Waals surface area contributed by atoms with Gasteiger partial charge < -0.3 is 10.0 Å². The first kappa shape index (κ1) is 15.2. The molecule has 0 aliphatic heterocycles. The summed E-state index contributed by atoms with van der Waals surface area (Å²) < 4.78 is 0. The molecule has 4 heteroatoms. The average molecular weight is 263 g/mol. The van der Waals surface area contributed by atoms with Crippen molar-refractivity contribution in [2.75, 3.05) is 13.6 Å². The lowest BCUT2D eigenvalue weighted by molar-refractivity contribution is -0.129. The second-order valence-electron chi connectivity index (χ2n) is 4.97. The number of carboxylic acids is 1. The molecular formula is C15H21NO3. The standard InChI is InChI=1S/C15H21NO3/c1-4-11(2)10-16(3)14(17)9-12-6-5-7-13(8-12)15(18)19/h5-8,11H,4,9-10H2,1-3H3,(H,18,19). The van der Waals surface area contributed by atoms with Crippen molar-refractivity contribution in [1.82, 2.24) is 4.90 Å². The van der Waals surface area contributed by atoms with Crippen LogP contribution >= 0.6 is 0 Å². The summed E-state index contributed by atoms with van der Waals surface area (Å²) >= 11 is 0. The van der Waals surface area contributed by atoms with Crippen LogP contribution in [-0.4, -0.2) is 35.5 Å². The summed E-state index contributed by atoms with van der Waals surface area (Å²) in [7, 11) is 1.79. The van der Waals surface area contributed by atoms with Crippen LogP contribution in [0.2, 0.25) is 0 Å². The SMILES string of the molecule is CCC(C)CN(C)C(=O)Cc1cccc(C(=O)O)c1. The van der Waals surface area contributed by atoms with Gasteiger partial charge >= 0.3 is 5.97 Å². The van der Waals surface area contributed by atoms with Crippen molar-refractivity contribution < 1.29 is 14.7 Å². The first-order chi connectivity index (χ1) is 8.93. The maximum atomic E-state index is 12.0. The van der Waals surface area contributed by atoms with E-state index in [0.717, 1.165) is 18.5 Å². The van der Waals surface area contributed by atoms with Crippen molar-refractivity contribution in [2.45, 2.75) is 26.7 Å². The van der Waals surface area contributed by atoms with E-state index in [9.17, 15) is 9.59 Å². The van der Waals surface area contributed by atoms with Gasteiger partial charge in [-0.05, 0) is 23.6 Å². The molecule has 104 valence electrons. The molecule has 1 unspecified atom stereocenters. The van der Waals surface area contributed by atoms with E-state index in [0.29, 0.717) is 5.92 Å². The van der Waals surface area contributed by atoms with E-state index in [1.54, 1.807) is 30.1 Å². The number of carbonyl (C=O) groups is 2. The molecule has 1 N–H and O–H groups in total. The normalized spacial score (nSPS) is 11.9. The van der Waals surface area contributed by atoms with Gasteiger partial charge in [0.05, 0.1) is 12.0 Å². The minimum absolute atomic E-state index is 0.0165. The summed E-state index contributed by atoms with van der Waals surface area (Å²) in [5.74, 6) is -0.482. The van der Waals surface area contributed by atoms with Gasteiger partial charge in [0.2, 0.25) is 5.91 Å². The zero-order chi connectivity index (χ0) is 14.4. The monoisotopic (exact) mass is 263 g/mol. The summed E-state index contributed by atoms with van der Waals surface area (Å²) in [6.45, 7) is 4.93. The number of rotatable bonds is 6. The maximum absolute atomic E-state index is 12.0. The third-order valence-electron chi connectivity index (χ3n) is 3.24. The van der Waals surface area contributed by atoms with Crippen molar-refractivity contribution in [3.63, 3.8) is 0 Å². The number of aromatic carboxylic acids is 1. The quantitative estimate of drug-likeness (QED) is 0.857. The van der Waals surface area contributed by atoms with Gasteiger partial charge in [0.1, 0.15) is 0 Å². The van der Waals surface area contributed by atoms with Gasteiger partial charge in [0.15, 0.2) is 0 Å².